The zero-order valence-electron chi connectivity index (χ0n) is 11.3. The van der Waals surface area contributed by atoms with Crippen LogP contribution in [0.3, 0.4) is 0 Å². The Morgan fingerprint density at radius 3 is 2.67 bits per heavy atom. The molecule has 3 rings (SSSR count). The summed E-state index contributed by atoms with van der Waals surface area (Å²) in [6, 6.07) is 10.7. The summed E-state index contributed by atoms with van der Waals surface area (Å²) in [5.74, 6) is 0.914. The molecule has 0 unspecified atom stereocenters. The van der Waals surface area contributed by atoms with Gasteiger partial charge in [-0.15, -0.1) is 0 Å². The Bertz CT molecular complexity index is 790. The van der Waals surface area contributed by atoms with Crippen molar-refractivity contribution in [1.29, 1.82) is 0 Å². The minimum atomic E-state index is -0.666. The van der Waals surface area contributed by atoms with E-state index in [-0.39, 0.29) is 0 Å². The summed E-state index contributed by atoms with van der Waals surface area (Å²) in [6.07, 6.45) is 2.63. The SMILES string of the molecule is C[C@@H](O)c1cccnc1Oc1ccc(Cl)c2cccnc12. The second-order valence-corrected chi connectivity index (χ2v) is 5.03. The number of aromatic nitrogens is 2. The van der Waals surface area contributed by atoms with Crippen molar-refractivity contribution in [2.75, 3.05) is 0 Å². The third-order valence-electron chi connectivity index (χ3n) is 3.14. The maximum Gasteiger partial charge on any atom is 0.225 e. The average Bonchev–Trinajstić information content (AvgIpc) is 2.51. The standard InChI is InChI=1S/C16H13ClN2O2/c1-10(20)11-4-2-9-19-16(11)21-14-7-6-13(17)12-5-3-8-18-15(12)14/h2-10,20H,1H3/t10-/m1/s1. The quantitative estimate of drug-likeness (QED) is 0.790. The predicted molar refractivity (Wildman–Crippen MR) is 81.7 cm³/mol. The number of ether oxygens (including phenoxy) is 1. The van der Waals surface area contributed by atoms with Gasteiger partial charge in [-0.25, -0.2) is 4.98 Å². The molecule has 1 aromatic carbocycles. The molecule has 21 heavy (non-hydrogen) atoms. The van der Waals surface area contributed by atoms with Crippen molar-refractivity contribution in [2.24, 2.45) is 0 Å². The molecule has 4 nitrogen and oxygen atoms in total. The van der Waals surface area contributed by atoms with Gasteiger partial charge in [0, 0.05) is 23.3 Å². The van der Waals surface area contributed by atoms with E-state index in [1.165, 1.54) is 0 Å². The minimum Gasteiger partial charge on any atom is -0.436 e. The lowest BCUT2D eigenvalue weighted by atomic mass is 10.2. The molecular formula is C16H13ClN2O2. The summed E-state index contributed by atoms with van der Waals surface area (Å²) in [6.45, 7) is 1.67. The number of aliphatic hydroxyl groups is 1. The number of nitrogens with zero attached hydrogens (tertiary/aromatic N) is 2. The second-order valence-electron chi connectivity index (χ2n) is 4.62. The van der Waals surface area contributed by atoms with Gasteiger partial charge in [-0.05, 0) is 43.3 Å². The van der Waals surface area contributed by atoms with E-state index in [0.717, 1.165) is 5.39 Å². The summed E-state index contributed by atoms with van der Waals surface area (Å²) in [7, 11) is 0. The van der Waals surface area contributed by atoms with Crippen LogP contribution in [0.25, 0.3) is 10.9 Å². The zero-order valence-corrected chi connectivity index (χ0v) is 12.1. The van der Waals surface area contributed by atoms with Gasteiger partial charge in [0.1, 0.15) is 5.52 Å². The van der Waals surface area contributed by atoms with Gasteiger partial charge < -0.3 is 9.84 Å². The van der Waals surface area contributed by atoms with Gasteiger partial charge in [0.05, 0.1) is 11.1 Å². The van der Waals surface area contributed by atoms with Crippen LogP contribution in [0.2, 0.25) is 5.02 Å². The van der Waals surface area contributed by atoms with Crippen LogP contribution in [0, 0.1) is 0 Å². The van der Waals surface area contributed by atoms with Crippen molar-refractivity contribution in [3.05, 3.63) is 59.4 Å². The fraction of sp³-hybridized carbons (Fsp3) is 0.125. The van der Waals surface area contributed by atoms with Crippen LogP contribution < -0.4 is 4.74 Å². The number of hydrogen-bond donors (Lipinski definition) is 1. The molecule has 0 aliphatic rings. The molecule has 0 spiro atoms. The van der Waals surface area contributed by atoms with Crippen molar-refractivity contribution in [3.8, 4) is 11.6 Å². The van der Waals surface area contributed by atoms with Crippen LogP contribution in [-0.2, 0) is 0 Å². The molecule has 2 aromatic heterocycles. The molecule has 0 saturated heterocycles. The van der Waals surface area contributed by atoms with E-state index in [1.54, 1.807) is 43.6 Å². The van der Waals surface area contributed by atoms with E-state index >= 15 is 0 Å². The van der Waals surface area contributed by atoms with E-state index in [2.05, 4.69) is 9.97 Å². The molecule has 0 amide bonds. The summed E-state index contributed by atoms with van der Waals surface area (Å²) >= 11 is 6.16. The first-order chi connectivity index (χ1) is 10.2. The van der Waals surface area contributed by atoms with Crippen molar-refractivity contribution in [1.82, 2.24) is 9.97 Å². The molecule has 106 valence electrons. The summed E-state index contributed by atoms with van der Waals surface area (Å²) in [4.78, 5) is 8.49. The highest BCUT2D eigenvalue weighted by atomic mass is 35.5. The largest absolute Gasteiger partial charge is 0.436 e. The van der Waals surface area contributed by atoms with Gasteiger partial charge in [0.15, 0.2) is 5.75 Å². The molecule has 2 heterocycles. The Hall–Kier alpha value is -2.17. The first-order valence-electron chi connectivity index (χ1n) is 6.51. The van der Waals surface area contributed by atoms with Gasteiger partial charge in [-0.3, -0.25) is 4.98 Å². The molecule has 0 aliphatic carbocycles. The Morgan fingerprint density at radius 2 is 1.86 bits per heavy atom. The van der Waals surface area contributed by atoms with Crippen molar-refractivity contribution in [2.45, 2.75) is 13.0 Å². The fourth-order valence-electron chi connectivity index (χ4n) is 2.10. The molecular weight excluding hydrogens is 288 g/mol. The lowest BCUT2D eigenvalue weighted by molar-refractivity contribution is 0.194. The van der Waals surface area contributed by atoms with Crippen LogP contribution in [-0.4, -0.2) is 15.1 Å². The second kappa shape index (κ2) is 5.68. The van der Waals surface area contributed by atoms with Gasteiger partial charge in [0.25, 0.3) is 0 Å². The highest BCUT2D eigenvalue weighted by Crippen LogP contribution is 2.34. The maximum absolute atomic E-state index is 9.78. The van der Waals surface area contributed by atoms with Crippen molar-refractivity contribution < 1.29 is 9.84 Å². The molecule has 0 radical (unpaired) electrons. The van der Waals surface area contributed by atoms with E-state index in [4.69, 9.17) is 16.3 Å². The number of benzene rings is 1. The number of hydrogen-bond acceptors (Lipinski definition) is 4. The minimum absolute atomic E-state index is 0.363. The Balaban J connectivity index is 2.09. The Morgan fingerprint density at radius 1 is 1.10 bits per heavy atom. The number of aliphatic hydroxyl groups excluding tert-OH is 1. The van der Waals surface area contributed by atoms with E-state index in [1.807, 2.05) is 12.1 Å². The lowest BCUT2D eigenvalue weighted by Gasteiger charge is -2.13. The first-order valence-corrected chi connectivity index (χ1v) is 6.88. The lowest BCUT2D eigenvalue weighted by Crippen LogP contribution is -1.98. The van der Waals surface area contributed by atoms with Crippen molar-refractivity contribution >= 4 is 22.5 Å². The van der Waals surface area contributed by atoms with E-state index < -0.39 is 6.10 Å². The molecule has 0 bridgehead atoms. The Kier molecular flexibility index (Phi) is 3.73. The summed E-state index contributed by atoms with van der Waals surface area (Å²) in [5.41, 5.74) is 1.28. The average molecular weight is 301 g/mol. The van der Waals surface area contributed by atoms with Crippen LogP contribution in [0.15, 0.2) is 48.8 Å². The van der Waals surface area contributed by atoms with E-state index in [0.29, 0.717) is 27.7 Å². The third-order valence-corrected chi connectivity index (χ3v) is 3.47. The summed E-state index contributed by atoms with van der Waals surface area (Å²) in [5, 5.41) is 11.2. The monoisotopic (exact) mass is 300 g/mol. The normalized spacial score (nSPS) is 12.3. The maximum atomic E-state index is 9.78. The topological polar surface area (TPSA) is 55.2 Å². The molecule has 5 heteroatoms. The van der Waals surface area contributed by atoms with Crippen LogP contribution in [0.5, 0.6) is 11.6 Å². The van der Waals surface area contributed by atoms with Gasteiger partial charge in [-0.2, -0.15) is 0 Å². The van der Waals surface area contributed by atoms with E-state index in [9.17, 15) is 5.11 Å². The molecule has 1 N–H and O–H groups in total. The summed E-state index contributed by atoms with van der Waals surface area (Å²) < 4.78 is 5.85. The molecule has 3 aromatic rings. The van der Waals surface area contributed by atoms with Gasteiger partial charge >= 0.3 is 0 Å². The van der Waals surface area contributed by atoms with Crippen molar-refractivity contribution in [3.63, 3.8) is 0 Å². The zero-order chi connectivity index (χ0) is 14.8. The third kappa shape index (κ3) is 2.68. The van der Waals surface area contributed by atoms with Gasteiger partial charge in [0.2, 0.25) is 5.88 Å². The number of halogens is 1. The highest BCUT2D eigenvalue weighted by molar-refractivity contribution is 6.35. The number of fused-ring (bicyclic) bond motifs is 1. The molecule has 0 saturated carbocycles. The first kappa shape index (κ1) is 13.8. The smallest absolute Gasteiger partial charge is 0.225 e. The number of rotatable bonds is 3. The molecule has 0 aliphatic heterocycles. The fourth-order valence-corrected chi connectivity index (χ4v) is 2.32. The predicted octanol–water partition coefficient (Wildman–Crippen LogP) is 4.13. The van der Waals surface area contributed by atoms with Gasteiger partial charge in [-0.1, -0.05) is 11.6 Å². The molecule has 0 fully saturated rings. The molecule has 1 atom stereocenters. The van der Waals surface area contributed by atoms with Crippen LogP contribution >= 0.6 is 11.6 Å². The van der Waals surface area contributed by atoms with Crippen LogP contribution in [0.4, 0.5) is 0 Å². The highest BCUT2D eigenvalue weighted by Gasteiger charge is 2.13. The van der Waals surface area contributed by atoms with Crippen LogP contribution in [0.1, 0.15) is 18.6 Å². The number of pyridine rings is 2. The Labute approximate surface area is 127 Å².